The predicted octanol–water partition coefficient (Wildman–Crippen LogP) is 2.96. The van der Waals surface area contributed by atoms with Crippen molar-refractivity contribution < 1.29 is 9.84 Å². The summed E-state index contributed by atoms with van der Waals surface area (Å²) in [5.41, 5.74) is 2.30. The summed E-state index contributed by atoms with van der Waals surface area (Å²) in [4.78, 5) is 2.22. The maximum absolute atomic E-state index is 9.36. The molecule has 4 nitrogen and oxygen atoms in total. The fourth-order valence-corrected chi connectivity index (χ4v) is 2.62. The number of rotatable bonds is 9. The Hall–Kier alpha value is -1.26. The van der Waals surface area contributed by atoms with E-state index in [-0.39, 0.29) is 12.6 Å². The highest BCUT2D eigenvalue weighted by molar-refractivity contribution is 5.61. The summed E-state index contributed by atoms with van der Waals surface area (Å²) in [6.45, 7) is 10.3. The van der Waals surface area contributed by atoms with Crippen LogP contribution < -0.4 is 15.0 Å². The summed E-state index contributed by atoms with van der Waals surface area (Å²) in [6, 6.07) is 6.65. The summed E-state index contributed by atoms with van der Waals surface area (Å²) in [6.07, 6.45) is 1.10. The summed E-state index contributed by atoms with van der Waals surface area (Å²) < 4.78 is 5.57. The molecule has 0 saturated carbocycles. The van der Waals surface area contributed by atoms with Gasteiger partial charge in [-0.1, -0.05) is 13.0 Å². The molecule has 0 aliphatic heterocycles. The maximum Gasteiger partial charge on any atom is 0.125 e. The summed E-state index contributed by atoms with van der Waals surface area (Å²) in [5, 5.41) is 12.9. The maximum atomic E-state index is 9.36. The molecule has 0 aromatic heterocycles. The van der Waals surface area contributed by atoms with Gasteiger partial charge in [0.1, 0.15) is 5.75 Å². The third-order valence-electron chi connectivity index (χ3n) is 3.67. The summed E-state index contributed by atoms with van der Waals surface area (Å²) in [5.74, 6) is 0.896. The Labute approximate surface area is 129 Å². The van der Waals surface area contributed by atoms with Gasteiger partial charge < -0.3 is 20.1 Å². The normalized spacial score (nSPS) is 12.5. The highest BCUT2D eigenvalue weighted by Crippen LogP contribution is 2.35. The number of benzene rings is 1. The zero-order valence-corrected chi connectivity index (χ0v) is 14.0. The first-order chi connectivity index (χ1) is 10.1. The second-order valence-corrected chi connectivity index (χ2v) is 5.58. The number of nitrogens with one attached hydrogen (secondary N) is 1. The molecule has 1 unspecified atom stereocenters. The second-order valence-electron chi connectivity index (χ2n) is 5.58. The lowest BCUT2D eigenvalue weighted by Gasteiger charge is -2.32. The van der Waals surface area contributed by atoms with E-state index in [0.29, 0.717) is 12.6 Å². The van der Waals surface area contributed by atoms with Crippen LogP contribution in [0, 0.1) is 0 Å². The molecule has 0 aliphatic rings. The number of hydrogen-bond acceptors (Lipinski definition) is 4. The molecule has 1 aromatic rings. The average molecular weight is 294 g/mol. The Morgan fingerprint density at radius 1 is 1.29 bits per heavy atom. The van der Waals surface area contributed by atoms with E-state index in [1.54, 1.807) is 7.11 Å². The average Bonchev–Trinajstić information content (AvgIpc) is 2.49. The second kappa shape index (κ2) is 8.90. The van der Waals surface area contributed by atoms with Crippen LogP contribution >= 0.6 is 0 Å². The lowest BCUT2D eigenvalue weighted by atomic mass is 10.0. The number of hydrogen-bond donors (Lipinski definition) is 2. The van der Waals surface area contributed by atoms with E-state index < -0.39 is 0 Å². The quantitative estimate of drug-likeness (QED) is 0.735. The van der Waals surface area contributed by atoms with Gasteiger partial charge in [-0.15, -0.1) is 0 Å². The van der Waals surface area contributed by atoms with Crippen LogP contribution in [-0.4, -0.2) is 38.0 Å². The van der Waals surface area contributed by atoms with Gasteiger partial charge in [0.05, 0.1) is 13.7 Å². The SMILES string of the molecule is CCCNC(C)c1c(OC)cccc1N(CCO)C(C)C. The Kier molecular flexibility index (Phi) is 7.54. The number of nitrogens with zero attached hydrogens (tertiary/aromatic N) is 1. The van der Waals surface area contributed by atoms with Crippen LogP contribution in [0.15, 0.2) is 18.2 Å². The van der Waals surface area contributed by atoms with Gasteiger partial charge in [-0.05, 0) is 45.9 Å². The molecule has 4 heteroatoms. The van der Waals surface area contributed by atoms with Gasteiger partial charge in [0.15, 0.2) is 0 Å². The van der Waals surface area contributed by atoms with E-state index >= 15 is 0 Å². The van der Waals surface area contributed by atoms with E-state index in [2.05, 4.69) is 44.0 Å². The Balaban J connectivity index is 3.23. The van der Waals surface area contributed by atoms with Crippen molar-refractivity contribution >= 4 is 5.69 Å². The van der Waals surface area contributed by atoms with Crippen LogP contribution in [0.5, 0.6) is 5.75 Å². The van der Waals surface area contributed by atoms with Crippen LogP contribution in [0.4, 0.5) is 5.69 Å². The van der Waals surface area contributed by atoms with Crippen LogP contribution in [0.3, 0.4) is 0 Å². The lowest BCUT2D eigenvalue weighted by molar-refractivity contribution is 0.298. The number of anilines is 1. The molecule has 0 bridgehead atoms. The Morgan fingerprint density at radius 3 is 2.52 bits per heavy atom. The van der Waals surface area contributed by atoms with Crippen LogP contribution in [0.2, 0.25) is 0 Å². The van der Waals surface area contributed by atoms with Crippen molar-refractivity contribution in [2.45, 2.75) is 46.2 Å². The third kappa shape index (κ3) is 4.61. The van der Waals surface area contributed by atoms with E-state index in [1.165, 1.54) is 0 Å². The molecular formula is C17H30N2O2. The molecule has 0 spiro atoms. The number of aliphatic hydroxyl groups is 1. The molecule has 21 heavy (non-hydrogen) atoms. The summed E-state index contributed by atoms with van der Waals surface area (Å²) in [7, 11) is 1.71. The molecule has 0 aliphatic carbocycles. The molecule has 0 fully saturated rings. The van der Waals surface area contributed by atoms with Gasteiger partial charge in [0.2, 0.25) is 0 Å². The van der Waals surface area contributed by atoms with Gasteiger partial charge in [-0.2, -0.15) is 0 Å². The fraction of sp³-hybridized carbons (Fsp3) is 0.647. The number of aliphatic hydroxyl groups excluding tert-OH is 1. The topological polar surface area (TPSA) is 44.7 Å². The summed E-state index contributed by atoms with van der Waals surface area (Å²) >= 11 is 0. The molecule has 0 saturated heterocycles. The first kappa shape index (κ1) is 17.8. The molecule has 1 rings (SSSR count). The number of ether oxygens (including phenoxy) is 1. The highest BCUT2D eigenvalue weighted by Gasteiger charge is 2.21. The minimum Gasteiger partial charge on any atom is -0.496 e. The molecule has 1 atom stereocenters. The minimum absolute atomic E-state index is 0.144. The minimum atomic E-state index is 0.144. The Morgan fingerprint density at radius 2 is 2.00 bits per heavy atom. The van der Waals surface area contributed by atoms with Crippen molar-refractivity contribution in [1.29, 1.82) is 0 Å². The molecule has 120 valence electrons. The predicted molar refractivity (Wildman–Crippen MR) is 89.3 cm³/mol. The zero-order chi connectivity index (χ0) is 15.8. The van der Waals surface area contributed by atoms with Crippen molar-refractivity contribution in [2.75, 3.05) is 31.7 Å². The van der Waals surface area contributed by atoms with Crippen molar-refractivity contribution in [2.24, 2.45) is 0 Å². The van der Waals surface area contributed by atoms with Crippen LogP contribution in [0.25, 0.3) is 0 Å². The molecule has 0 amide bonds. The third-order valence-corrected chi connectivity index (χ3v) is 3.67. The fourth-order valence-electron chi connectivity index (χ4n) is 2.62. The van der Waals surface area contributed by atoms with Crippen molar-refractivity contribution in [3.05, 3.63) is 23.8 Å². The lowest BCUT2D eigenvalue weighted by Crippen LogP contribution is -2.35. The van der Waals surface area contributed by atoms with Crippen molar-refractivity contribution in [3.8, 4) is 5.75 Å². The van der Waals surface area contributed by atoms with E-state index in [0.717, 1.165) is 30.0 Å². The van der Waals surface area contributed by atoms with Crippen LogP contribution in [-0.2, 0) is 0 Å². The zero-order valence-electron chi connectivity index (χ0n) is 14.0. The molecular weight excluding hydrogens is 264 g/mol. The van der Waals surface area contributed by atoms with E-state index in [4.69, 9.17) is 4.74 Å². The molecule has 1 aromatic carbocycles. The van der Waals surface area contributed by atoms with Crippen molar-refractivity contribution in [1.82, 2.24) is 5.32 Å². The van der Waals surface area contributed by atoms with Gasteiger partial charge in [-0.25, -0.2) is 0 Å². The van der Waals surface area contributed by atoms with Crippen molar-refractivity contribution in [3.63, 3.8) is 0 Å². The van der Waals surface area contributed by atoms with Gasteiger partial charge in [-0.3, -0.25) is 0 Å². The molecule has 2 N–H and O–H groups in total. The highest BCUT2D eigenvalue weighted by atomic mass is 16.5. The van der Waals surface area contributed by atoms with Gasteiger partial charge in [0, 0.05) is 29.9 Å². The largest absolute Gasteiger partial charge is 0.496 e. The molecule has 0 heterocycles. The standard InChI is InChI=1S/C17H30N2O2/c1-6-10-18-14(4)17-15(8-7-9-16(17)21-5)19(11-12-20)13(2)3/h7-9,13-14,18,20H,6,10-12H2,1-5H3. The smallest absolute Gasteiger partial charge is 0.125 e. The number of methoxy groups -OCH3 is 1. The van der Waals surface area contributed by atoms with Crippen LogP contribution in [0.1, 0.15) is 45.7 Å². The monoisotopic (exact) mass is 294 g/mol. The van der Waals surface area contributed by atoms with E-state index in [1.807, 2.05) is 12.1 Å². The molecule has 0 radical (unpaired) electrons. The first-order valence-corrected chi connectivity index (χ1v) is 7.84. The Bertz CT molecular complexity index is 421. The van der Waals surface area contributed by atoms with Gasteiger partial charge in [0.25, 0.3) is 0 Å². The van der Waals surface area contributed by atoms with E-state index in [9.17, 15) is 5.11 Å². The van der Waals surface area contributed by atoms with Gasteiger partial charge >= 0.3 is 0 Å². The first-order valence-electron chi connectivity index (χ1n) is 7.84.